The van der Waals surface area contributed by atoms with Crippen molar-refractivity contribution in [3.63, 3.8) is 0 Å². The maximum Gasteiger partial charge on any atom is 0.229 e. The molecule has 1 N–H and O–H groups in total. The number of aryl methyl sites for hydroxylation is 1. The fraction of sp³-hybridized carbons (Fsp3) is 0.412. The van der Waals surface area contributed by atoms with E-state index >= 15 is 0 Å². The summed E-state index contributed by atoms with van der Waals surface area (Å²) < 4.78 is 23.3. The van der Waals surface area contributed by atoms with Crippen LogP contribution in [0.4, 0.5) is 17.5 Å². The number of sulfone groups is 1. The number of anilines is 3. The van der Waals surface area contributed by atoms with Crippen LogP contribution >= 0.6 is 0 Å². The lowest BCUT2D eigenvalue weighted by atomic mass is 10.1. The highest BCUT2D eigenvalue weighted by molar-refractivity contribution is 7.91. The molecule has 7 heteroatoms. The van der Waals surface area contributed by atoms with Gasteiger partial charge in [-0.05, 0) is 36.6 Å². The van der Waals surface area contributed by atoms with Crippen molar-refractivity contribution in [3.8, 4) is 0 Å². The Balaban J connectivity index is 1.73. The molecule has 24 heavy (non-hydrogen) atoms. The third-order valence-electron chi connectivity index (χ3n) is 4.38. The fourth-order valence-corrected chi connectivity index (χ4v) is 4.60. The summed E-state index contributed by atoms with van der Waals surface area (Å²) in [6.07, 6.45) is 3.33. The first-order chi connectivity index (χ1) is 11.5. The van der Waals surface area contributed by atoms with Crippen molar-refractivity contribution < 1.29 is 8.42 Å². The molecule has 1 unspecified atom stereocenters. The van der Waals surface area contributed by atoms with Gasteiger partial charge in [-0.15, -0.1) is 0 Å². The summed E-state index contributed by atoms with van der Waals surface area (Å²) in [6, 6.07) is 9.92. The van der Waals surface area contributed by atoms with Crippen LogP contribution in [0.2, 0.25) is 0 Å². The first-order valence-electron chi connectivity index (χ1n) is 8.09. The van der Waals surface area contributed by atoms with E-state index in [2.05, 4.69) is 34.3 Å². The van der Waals surface area contributed by atoms with Crippen LogP contribution in [-0.4, -0.2) is 43.0 Å². The number of benzene rings is 1. The van der Waals surface area contributed by atoms with Gasteiger partial charge < -0.3 is 10.2 Å². The summed E-state index contributed by atoms with van der Waals surface area (Å²) >= 11 is 0. The van der Waals surface area contributed by atoms with Gasteiger partial charge >= 0.3 is 0 Å². The Morgan fingerprint density at radius 1 is 1.25 bits per heavy atom. The summed E-state index contributed by atoms with van der Waals surface area (Å²) in [4.78, 5) is 10.7. The van der Waals surface area contributed by atoms with Crippen LogP contribution in [0.15, 0.2) is 36.5 Å². The fourth-order valence-electron chi connectivity index (χ4n) is 2.83. The van der Waals surface area contributed by atoms with Gasteiger partial charge in [0.15, 0.2) is 9.84 Å². The van der Waals surface area contributed by atoms with Crippen molar-refractivity contribution in [2.75, 3.05) is 28.8 Å². The SMILES string of the molecule is CCc1ccc(Nc2nccc(N(C)C3CCS(=O)(=O)C3)n2)cc1. The predicted octanol–water partition coefficient (Wildman–Crippen LogP) is 2.41. The molecule has 2 heterocycles. The van der Waals surface area contributed by atoms with Gasteiger partial charge in [0.2, 0.25) is 5.95 Å². The van der Waals surface area contributed by atoms with Gasteiger partial charge in [-0.25, -0.2) is 13.4 Å². The van der Waals surface area contributed by atoms with Crippen molar-refractivity contribution >= 4 is 27.3 Å². The number of hydrogen-bond acceptors (Lipinski definition) is 6. The lowest BCUT2D eigenvalue weighted by Gasteiger charge is -2.24. The molecule has 1 saturated heterocycles. The second kappa shape index (κ2) is 6.76. The number of rotatable bonds is 5. The summed E-state index contributed by atoms with van der Waals surface area (Å²) in [5, 5.41) is 3.19. The van der Waals surface area contributed by atoms with E-state index in [1.54, 1.807) is 12.3 Å². The van der Waals surface area contributed by atoms with E-state index < -0.39 is 9.84 Å². The molecule has 1 atom stereocenters. The Bertz CT molecular complexity index is 806. The monoisotopic (exact) mass is 346 g/mol. The molecule has 1 aliphatic heterocycles. The van der Waals surface area contributed by atoms with E-state index in [-0.39, 0.29) is 17.5 Å². The van der Waals surface area contributed by atoms with Gasteiger partial charge in [-0.3, -0.25) is 0 Å². The average molecular weight is 346 g/mol. The third kappa shape index (κ3) is 3.84. The Hall–Kier alpha value is -2.15. The molecule has 0 aliphatic carbocycles. The van der Waals surface area contributed by atoms with E-state index in [1.165, 1.54) is 5.56 Å². The molecule has 1 fully saturated rings. The normalized spacial score (nSPS) is 19.2. The second-order valence-corrected chi connectivity index (χ2v) is 8.31. The molecular weight excluding hydrogens is 324 g/mol. The van der Waals surface area contributed by atoms with Crippen LogP contribution < -0.4 is 10.2 Å². The molecular formula is C17H22N4O2S. The van der Waals surface area contributed by atoms with Gasteiger partial charge in [0.1, 0.15) is 5.82 Å². The molecule has 128 valence electrons. The first kappa shape index (κ1) is 16.7. The lowest BCUT2D eigenvalue weighted by molar-refractivity contribution is 0.600. The number of hydrogen-bond donors (Lipinski definition) is 1. The summed E-state index contributed by atoms with van der Waals surface area (Å²) in [5.74, 6) is 1.67. The highest BCUT2D eigenvalue weighted by atomic mass is 32.2. The van der Waals surface area contributed by atoms with Crippen molar-refractivity contribution in [2.45, 2.75) is 25.8 Å². The second-order valence-electron chi connectivity index (χ2n) is 6.08. The Morgan fingerprint density at radius 3 is 2.62 bits per heavy atom. The van der Waals surface area contributed by atoms with Crippen LogP contribution in [0.5, 0.6) is 0 Å². The van der Waals surface area contributed by atoms with E-state index in [0.29, 0.717) is 12.4 Å². The summed E-state index contributed by atoms with van der Waals surface area (Å²) in [5.41, 5.74) is 2.20. The smallest absolute Gasteiger partial charge is 0.229 e. The number of nitrogens with zero attached hydrogens (tertiary/aromatic N) is 3. The zero-order chi connectivity index (χ0) is 17.2. The molecule has 1 aliphatic rings. The van der Waals surface area contributed by atoms with Crippen molar-refractivity contribution in [1.29, 1.82) is 0 Å². The molecule has 1 aromatic heterocycles. The lowest BCUT2D eigenvalue weighted by Crippen LogP contribution is -2.33. The van der Waals surface area contributed by atoms with E-state index in [4.69, 9.17) is 0 Å². The van der Waals surface area contributed by atoms with Crippen LogP contribution in [0.25, 0.3) is 0 Å². The maximum atomic E-state index is 11.7. The van der Waals surface area contributed by atoms with Crippen LogP contribution in [-0.2, 0) is 16.3 Å². The topological polar surface area (TPSA) is 75.2 Å². The van der Waals surface area contributed by atoms with E-state index in [0.717, 1.165) is 17.9 Å². The molecule has 6 nitrogen and oxygen atoms in total. The third-order valence-corrected chi connectivity index (χ3v) is 6.13. The predicted molar refractivity (Wildman–Crippen MR) is 96.6 cm³/mol. The maximum absolute atomic E-state index is 11.7. The van der Waals surface area contributed by atoms with Crippen molar-refractivity contribution in [2.24, 2.45) is 0 Å². The van der Waals surface area contributed by atoms with Gasteiger partial charge in [0.25, 0.3) is 0 Å². The highest BCUT2D eigenvalue weighted by Crippen LogP contribution is 2.22. The van der Waals surface area contributed by atoms with E-state index in [1.807, 2.05) is 24.1 Å². The molecule has 0 amide bonds. The zero-order valence-corrected chi connectivity index (χ0v) is 14.8. The van der Waals surface area contributed by atoms with Crippen LogP contribution in [0, 0.1) is 0 Å². The Labute approximate surface area is 142 Å². The van der Waals surface area contributed by atoms with Gasteiger partial charge in [-0.2, -0.15) is 4.98 Å². The minimum Gasteiger partial charge on any atom is -0.355 e. The van der Waals surface area contributed by atoms with Crippen LogP contribution in [0.1, 0.15) is 18.9 Å². The quantitative estimate of drug-likeness (QED) is 0.896. The molecule has 0 radical (unpaired) electrons. The zero-order valence-electron chi connectivity index (χ0n) is 13.9. The summed E-state index contributed by atoms with van der Waals surface area (Å²) in [7, 11) is -1.03. The van der Waals surface area contributed by atoms with Gasteiger partial charge in [0.05, 0.1) is 11.5 Å². The van der Waals surface area contributed by atoms with Gasteiger partial charge in [0, 0.05) is 25.0 Å². The number of aromatic nitrogens is 2. The standard InChI is InChI=1S/C17H22N4O2S/c1-3-13-4-6-14(7-5-13)19-17-18-10-8-16(20-17)21(2)15-9-11-24(22,23)12-15/h4-8,10,15H,3,9,11-12H2,1-2H3,(H,18,19,20). The molecule has 0 saturated carbocycles. The molecule has 3 rings (SSSR count). The van der Waals surface area contributed by atoms with Crippen LogP contribution in [0.3, 0.4) is 0 Å². The summed E-state index contributed by atoms with van der Waals surface area (Å²) in [6.45, 7) is 2.12. The largest absolute Gasteiger partial charge is 0.355 e. The Kier molecular flexibility index (Phi) is 4.71. The minimum absolute atomic E-state index is 0.0263. The highest BCUT2D eigenvalue weighted by Gasteiger charge is 2.31. The molecule has 2 aromatic rings. The molecule has 0 spiro atoms. The Morgan fingerprint density at radius 2 is 2.00 bits per heavy atom. The van der Waals surface area contributed by atoms with E-state index in [9.17, 15) is 8.42 Å². The first-order valence-corrected chi connectivity index (χ1v) is 9.91. The molecule has 0 bridgehead atoms. The number of nitrogens with one attached hydrogen (secondary N) is 1. The molecule has 1 aromatic carbocycles. The van der Waals surface area contributed by atoms with Gasteiger partial charge in [-0.1, -0.05) is 19.1 Å². The minimum atomic E-state index is -2.91. The average Bonchev–Trinajstić information content (AvgIpc) is 2.95. The van der Waals surface area contributed by atoms with Crippen molar-refractivity contribution in [3.05, 3.63) is 42.1 Å². The van der Waals surface area contributed by atoms with Crippen molar-refractivity contribution in [1.82, 2.24) is 9.97 Å².